The van der Waals surface area contributed by atoms with Crippen molar-refractivity contribution in [3.8, 4) is 0 Å². The van der Waals surface area contributed by atoms with Gasteiger partial charge in [-0.1, -0.05) is 37.1 Å². The average molecular weight is 342 g/mol. The quantitative estimate of drug-likeness (QED) is 0.475. The van der Waals surface area contributed by atoms with Crippen molar-refractivity contribution in [2.75, 3.05) is 13.1 Å². The molecule has 0 unspecified atom stereocenters. The summed E-state index contributed by atoms with van der Waals surface area (Å²) in [5.41, 5.74) is 2.56. The maximum absolute atomic E-state index is 12.4. The molecule has 1 fully saturated rings. The predicted octanol–water partition coefficient (Wildman–Crippen LogP) is 2.81. The Kier molecular flexibility index (Phi) is 6.31. The van der Waals surface area contributed by atoms with Crippen molar-refractivity contribution < 1.29 is 4.79 Å². The SMILES string of the molecule is CCNC(=NCCCC(=O)N1Cc2ccccc2C1)NC1CCCC1. The lowest BCUT2D eigenvalue weighted by atomic mass is 10.1. The highest BCUT2D eigenvalue weighted by Crippen LogP contribution is 2.23. The van der Waals surface area contributed by atoms with Crippen molar-refractivity contribution >= 4 is 11.9 Å². The Labute approximate surface area is 150 Å². The van der Waals surface area contributed by atoms with E-state index in [0.717, 1.165) is 32.0 Å². The summed E-state index contributed by atoms with van der Waals surface area (Å²) in [6.07, 6.45) is 6.46. The number of aliphatic imine (C=N–C) groups is 1. The van der Waals surface area contributed by atoms with Crippen molar-refractivity contribution in [2.45, 2.75) is 64.6 Å². The van der Waals surface area contributed by atoms with Crippen LogP contribution < -0.4 is 10.6 Å². The van der Waals surface area contributed by atoms with Gasteiger partial charge in [0.05, 0.1) is 0 Å². The smallest absolute Gasteiger partial charge is 0.223 e. The molecule has 1 aliphatic carbocycles. The minimum Gasteiger partial charge on any atom is -0.357 e. The van der Waals surface area contributed by atoms with Crippen molar-refractivity contribution in [3.63, 3.8) is 0 Å². The lowest BCUT2D eigenvalue weighted by Crippen LogP contribution is -2.42. The molecule has 1 saturated carbocycles. The number of benzene rings is 1. The molecule has 2 aliphatic rings. The van der Waals surface area contributed by atoms with Gasteiger partial charge in [0.15, 0.2) is 5.96 Å². The summed E-state index contributed by atoms with van der Waals surface area (Å²) >= 11 is 0. The molecule has 0 spiro atoms. The molecule has 2 N–H and O–H groups in total. The first kappa shape index (κ1) is 17.8. The lowest BCUT2D eigenvalue weighted by Gasteiger charge is -2.17. The van der Waals surface area contributed by atoms with Crippen LogP contribution in [0.15, 0.2) is 29.3 Å². The lowest BCUT2D eigenvalue weighted by molar-refractivity contribution is -0.131. The molecule has 0 saturated heterocycles. The molecule has 0 bridgehead atoms. The third-order valence-electron chi connectivity index (χ3n) is 5.05. The Morgan fingerprint density at radius 2 is 1.88 bits per heavy atom. The van der Waals surface area contributed by atoms with Crippen LogP contribution in [0.2, 0.25) is 0 Å². The van der Waals surface area contributed by atoms with Crippen molar-refractivity contribution in [1.82, 2.24) is 15.5 Å². The van der Waals surface area contributed by atoms with Gasteiger partial charge in [-0.25, -0.2) is 0 Å². The molecule has 0 atom stereocenters. The van der Waals surface area contributed by atoms with Crippen LogP contribution in [0.25, 0.3) is 0 Å². The molecule has 3 rings (SSSR count). The highest BCUT2D eigenvalue weighted by molar-refractivity contribution is 5.80. The van der Waals surface area contributed by atoms with E-state index in [0.29, 0.717) is 19.0 Å². The Morgan fingerprint density at radius 1 is 1.20 bits per heavy atom. The van der Waals surface area contributed by atoms with Crippen molar-refractivity contribution in [3.05, 3.63) is 35.4 Å². The number of rotatable bonds is 6. The van der Waals surface area contributed by atoms with Crippen LogP contribution in [0.4, 0.5) is 0 Å². The number of carbonyl (C=O) groups excluding carboxylic acids is 1. The molecule has 1 aromatic rings. The molecule has 5 nitrogen and oxygen atoms in total. The minimum atomic E-state index is 0.236. The summed E-state index contributed by atoms with van der Waals surface area (Å²) in [6.45, 7) is 5.15. The zero-order valence-corrected chi connectivity index (χ0v) is 15.3. The van der Waals surface area contributed by atoms with E-state index in [4.69, 9.17) is 0 Å². The van der Waals surface area contributed by atoms with Gasteiger partial charge in [0.1, 0.15) is 0 Å². The third-order valence-corrected chi connectivity index (χ3v) is 5.05. The normalized spacial score (nSPS) is 17.6. The molecule has 0 aromatic heterocycles. The average Bonchev–Trinajstić information content (AvgIpc) is 3.27. The Hall–Kier alpha value is -2.04. The second-order valence-corrected chi connectivity index (χ2v) is 7.01. The minimum absolute atomic E-state index is 0.236. The maximum Gasteiger partial charge on any atom is 0.223 e. The van der Waals surface area contributed by atoms with E-state index in [9.17, 15) is 4.79 Å². The van der Waals surface area contributed by atoms with Gasteiger partial charge in [0, 0.05) is 38.6 Å². The molecule has 0 radical (unpaired) electrons. The molecule has 136 valence electrons. The fourth-order valence-electron chi connectivity index (χ4n) is 3.67. The van der Waals surface area contributed by atoms with Crippen molar-refractivity contribution in [2.24, 2.45) is 4.99 Å². The van der Waals surface area contributed by atoms with E-state index in [-0.39, 0.29) is 5.91 Å². The van der Waals surface area contributed by atoms with E-state index >= 15 is 0 Å². The van der Waals surface area contributed by atoms with Gasteiger partial charge in [0.2, 0.25) is 5.91 Å². The van der Waals surface area contributed by atoms with Gasteiger partial charge in [-0.15, -0.1) is 0 Å². The van der Waals surface area contributed by atoms with E-state index in [1.54, 1.807) is 0 Å². The van der Waals surface area contributed by atoms with E-state index in [1.165, 1.54) is 36.8 Å². The third kappa shape index (κ3) is 4.97. The number of carbonyl (C=O) groups is 1. The molecule has 1 aromatic carbocycles. The molecule has 1 aliphatic heterocycles. The van der Waals surface area contributed by atoms with E-state index in [1.807, 2.05) is 17.0 Å². The van der Waals surface area contributed by atoms with Crippen LogP contribution >= 0.6 is 0 Å². The fourth-order valence-corrected chi connectivity index (χ4v) is 3.67. The number of nitrogens with one attached hydrogen (secondary N) is 2. The molecule has 25 heavy (non-hydrogen) atoms. The largest absolute Gasteiger partial charge is 0.357 e. The van der Waals surface area contributed by atoms with Gasteiger partial charge in [-0.05, 0) is 37.3 Å². The molecule has 5 heteroatoms. The summed E-state index contributed by atoms with van der Waals surface area (Å²) in [5, 5.41) is 6.82. The summed E-state index contributed by atoms with van der Waals surface area (Å²) in [4.78, 5) is 19.0. The number of fused-ring (bicyclic) bond motifs is 1. The van der Waals surface area contributed by atoms with Crippen molar-refractivity contribution in [1.29, 1.82) is 0 Å². The molecule has 1 heterocycles. The summed E-state index contributed by atoms with van der Waals surface area (Å²) in [6, 6.07) is 8.87. The summed E-state index contributed by atoms with van der Waals surface area (Å²) < 4.78 is 0. The van der Waals surface area contributed by atoms with Crippen LogP contribution in [-0.2, 0) is 17.9 Å². The van der Waals surface area contributed by atoms with Gasteiger partial charge in [-0.3, -0.25) is 9.79 Å². The van der Waals surface area contributed by atoms with Gasteiger partial charge < -0.3 is 15.5 Å². The first-order chi connectivity index (χ1) is 12.3. The zero-order chi connectivity index (χ0) is 17.5. The topological polar surface area (TPSA) is 56.7 Å². The number of guanidine groups is 1. The monoisotopic (exact) mass is 342 g/mol. The van der Waals surface area contributed by atoms with E-state index < -0.39 is 0 Å². The van der Waals surface area contributed by atoms with Gasteiger partial charge in [-0.2, -0.15) is 0 Å². The Bertz CT molecular complexity index is 582. The number of nitrogens with zero attached hydrogens (tertiary/aromatic N) is 2. The van der Waals surface area contributed by atoms with Crippen LogP contribution in [-0.4, -0.2) is 35.9 Å². The standard InChI is InChI=1S/C20H30N4O/c1-2-21-20(23-18-10-5-6-11-18)22-13-7-12-19(25)24-14-16-8-3-4-9-17(16)15-24/h3-4,8-9,18H,2,5-7,10-15H2,1H3,(H2,21,22,23). The Balaban J connectivity index is 1.41. The highest BCUT2D eigenvalue weighted by Gasteiger charge is 2.22. The first-order valence-corrected chi connectivity index (χ1v) is 9.65. The van der Waals surface area contributed by atoms with Crippen LogP contribution in [0.5, 0.6) is 0 Å². The van der Waals surface area contributed by atoms with Gasteiger partial charge >= 0.3 is 0 Å². The van der Waals surface area contributed by atoms with Crippen LogP contribution in [0.1, 0.15) is 56.6 Å². The summed E-state index contributed by atoms with van der Waals surface area (Å²) in [7, 11) is 0. The fraction of sp³-hybridized carbons (Fsp3) is 0.600. The molecular formula is C20H30N4O. The molecule has 1 amide bonds. The van der Waals surface area contributed by atoms with E-state index in [2.05, 4.69) is 34.7 Å². The zero-order valence-electron chi connectivity index (χ0n) is 15.3. The second-order valence-electron chi connectivity index (χ2n) is 7.01. The highest BCUT2D eigenvalue weighted by atomic mass is 16.2. The molecular weight excluding hydrogens is 312 g/mol. The number of hydrogen-bond donors (Lipinski definition) is 2. The first-order valence-electron chi connectivity index (χ1n) is 9.65. The number of hydrogen-bond acceptors (Lipinski definition) is 2. The number of amides is 1. The predicted molar refractivity (Wildman–Crippen MR) is 101 cm³/mol. The second kappa shape index (κ2) is 8.88. The maximum atomic E-state index is 12.4. The van der Waals surface area contributed by atoms with Crippen LogP contribution in [0, 0.1) is 0 Å². The van der Waals surface area contributed by atoms with Gasteiger partial charge in [0.25, 0.3) is 0 Å². The van der Waals surface area contributed by atoms with Crippen LogP contribution in [0.3, 0.4) is 0 Å². The Morgan fingerprint density at radius 3 is 2.52 bits per heavy atom. The summed E-state index contributed by atoms with van der Waals surface area (Å²) in [5.74, 6) is 1.13.